The number of benzene rings is 1. The highest BCUT2D eigenvalue weighted by Gasteiger charge is 2.45. The molecule has 0 unspecified atom stereocenters. The molecule has 33 nitrogen and oxygen atoms in total. The van der Waals surface area contributed by atoms with Crippen molar-refractivity contribution in [3.63, 3.8) is 0 Å². The first kappa shape index (κ1) is 73.5. The van der Waals surface area contributed by atoms with Gasteiger partial charge in [-0.1, -0.05) is 69.2 Å². The van der Waals surface area contributed by atoms with Gasteiger partial charge in [-0.15, -0.1) is 0 Å². The van der Waals surface area contributed by atoms with Gasteiger partial charge in [0.05, 0.1) is 25.5 Å². The molecule has 2 bridgehead atoms. The maximum absolute atomic E-state index is 14.9. The lowest BCUT2D eigenvalue weighted by Crippen LogP contribution is -2.61. The van der Waals surface area contributed by atoms with Crippen LogP contribution >= 0.6 is 43.2 Å². The van der Waals surface area contributed by atoms with Crippen molar-refractivity contribution < 1.29 is 77.3 Å². The normalized spacial score (nSPS) is 27.2. The second-order valence-electron chi connectivity index (χ2n) is 23.4. The molecule has 1 aromatic carbocycles. The lowest BCUT2D eigenvalue weighted by molar-refractivity contribution is -0.143. The molecule has 1 aromatic heterocycles. The number of imidazole rings is 1. The van der Waals surface area contributed by atoms with Crippen molar-refractivity contribution in [1.82, 2.24) is 78.3 Å². The molecule has 0 aliphatic carbocycles. The molecule has 5 saturated heterocycles. The van der Waals surface area contributed by atoms with Gasteiger partial charge in [-0.05, 0) is 68.7 Å². The summed E-state index contributed by atoms with van der Waals surface area (Å²) in [6.45, 7) is 1.70. The van der Waals surface area contributed by atoms with Gasteiger partial charge >= 0.3 is 0 Å². The zero-order chi connectivity index (χ0) is 68.2. The number of fused-ring (bicyclic) bond motifs is 7. The number of nitrogens with one attached hydrogen (secondary N) is 12. The first-order valence-corrected chi connectivity index (χ1v) is 35.6. The van der Waals surface area contributed by atoms with E-state index in [9.17, 15) is 77.3 Å². The molecule has 37 heteroatoms. The molecule has 0 radical (unpaired) electrons. The summed E-state index contributed by atoms with van der Waals surface area (Å²) in [4.78, 5) is 206. The molecule has 0 saturated carbocycles. The number of aromatic amines is 1. The molecule has 7 rings (SSSR count). The lowest BCUT2D eigenvalue weighted by atomic mass is 10.0. The molecular formula is C57H81N17O16S4. The van der Waals surface area contributed by atoms with Crippen molar-refractivity contribution in [2.45, 2.75) is 151 Å². The van der Waals surface area contributed by atoms with Crippen LogP contribution in [0.1, 0.15) is 76.5 Å². The van der Waals surface area contributed by atoms with Crippen LogP contribution in [0.15, 0.2) is 36.8 Å². The molecule has 94 heavy (non-hydrogen) atoms. The van der Waals surface area contributed by atoms with Crippen LogP contribution in [0, 0.1) is 5.92 Å². The Morgan fingerprint density at radius 1 is 0.702 bits per heavy atom. The summed E-state index contributed by atoms with van der Waals surface area (Å²) in [5.74, 6) is -13.6. The van der Waals surface area contributed by atoms with E-state index in [0.717, 1.165) is 48.1 Å². The van der Waals surface area contributed by atoms with Gasteiger partial charge in [0, 0.05) is 73.7 Å². The Kier molecular flexibility index (Phi) is 27.8. The molecular weight excluding hydrogens is 1310 g/mol. The number of hydrogen-bond acceptors (Lipinski definition) is 22. The first-order chi connectivity index (χ1) is 44.9. The number of carbonyl (C=O) groups is 14. The van der Waals surface area contributed by atoms with Crippen LogP contribution in [0.5, 0.6) is 5.75 Å². The molecule has 5 aliphatic rings. The fraction of sp³-hybridized carbons (Fsp3) is 0.596. The minimum atomic E-state index is -1.59. The summed E-state index contributed by atoms with van der Waals surface area (Å²) in [7, 11) is 3.70. The monoisotopic (exact) mass is 1390 g/mol. The van der Waals surface area contributed by atoms with E-state index in [1.54, 1.807) is 13.8 Å². The van der Waals surface area contributed by atoms with Crippen LogP contribution in [0.2, 0.25) is 0 Å². The van der Waals surface area contributed by atoms with Crippen molar-refractivity contribution in [3.8, 4) is 5.75 Å². The molecule has 5 fully saturated rings. The van der Waals surface area contributed by atoms with Crippen LogP contribution < -0.4 is 70.0 Å². The Morgan fingerprint density at radius 2 is 1.37 bits per heavy atom. The number of amides is 14. The van der Waals surface area contributed by atoms with Gasteiger partial charge < -0.3 is 94.9 Å². The number of phenolic OH excluding ortho intramolecular Hbond substituents is 1. The maximum atomic E-state index is 14.9. The van der Waals surface area contributed by atoms with E-state index in [2.05, 4.69) is 68.5 Å². The van der Waals surface area contributed by atoms with E-state index in [1.807, 2.05) is 0 Å². The standard InChI is InChI=1S/C57H81N17O16S4/c1-28(2)46(72-45(79)21-61-48(81)33-12-13-43(77)64-33)55(88)71-40-26-93-91-23-37(47(59)80)68-54(87)42-18-32(76)22-74(42)57(90)36(17-30-19-60-27-63-30)67-51(84)39-25-94-92-24-38(69-52(40)85)49(82)62-20-44(78)65-35(16-29-8-10-31(75)11-9-29)50(83)66-34(6-3-4-14-58)56(89)73-15-5-7-41(73)53(86)70-39/h8-11,19,27-28,32-42,46,75-76H,3-7,12-18,20-26,58H2,1-2H3,(H2,59,80)(H,60,63)(H,61,81)(H,62,82)(H,64,77)(H,65,78)(H,66,83)(H,67,84)(H,68,87)(H,69,85)(H,70,86)(H,71,88)(H,72,79)/t32-,33+,34+,35+,36+,37+,38+,39+,40+,41+,42+,46+/m1/s1. The fourth-order valence-corrected chi connectivity index (χ4v) is 15.5. The highest BCUT2D eigenvalue weighted by molar-refractivity contribution is 8.77. The zero-order valence-electron chi connectivity index (χ0n) is 51.6. The number of phenols is 1. The van der Waals surface area contributed by atoms with E-state index < -0.39 is 175 Å². The zero-order valence-corrected chi connectivity index (χ0v) is 54.9. The second-order valence-corrected chi connectivity index (χ2v) is 28.5. The Morgan fingerprint density at radius 3 is 2.04 bits per heavy atom. The predicted octanol–water partition coefficient (Wildman–Crippen LogP) is -5.70. The Balaban J connectivity index is 1.25. The third-order valence-corrected chi connectivity index (χ3v) is 20.8. The number of aliphatic hydroxyl groups is 1. The third kappa shape index (κ3) is 21.3. The number of carbonyl (C=O) groups excluding carboxylic acids is 14. The minimum absolute atomic E-state index is 0.0461. The molecule has 14 amide bonds. The van der Waals surface area contributed by atoms with Crippen LogP contribution in [0.25, 0.3) is 0 Å². The molecule has 514 valence electrons. The second kappa shape index (κ2) is 35.6. The maximum Gasteiger partial charge on any atom is 0.246 e. The van der Waals surface area contributed by atoms with E-state index in [4.69, 9.17) is 11.5 Å². The summed E-state index contributed by atoms with van der Waals surface area (Å²) in [5, 5.41) is 49.7. The number of aromatic hydroxyl groups is 1. The van der Waals surface area contributed by atoms with E-state index in [-0.39, 0.29) is 92.7 Å². The van der Waals surface area contributed by atoms with Crippen molar-refractivity contribution in [2.24, 2.45) is 17.4 Å². The van der Waals surface area contributed by atoms with Crippen molar-refractivity contribution in [3.05, 3.63) is 48.0 Å². The van der Waals surface area contributed by atoms with Crippen LogP contribution in [-0.2, 0) is 80.0 Å². The van der Waals surface area contributed by atoms with E-state index in [1.165, 1.54) is 41.7 Å². The van der Waals surface area contributed by atoms with Gasteiger partial charge in [-0.3, -0.25) is 67.1 Å². The highest BCUT2D eigenvalue weighted by atomic mass is 33.1. The summed E-state index contributed by atoms with van der Waals surface area (Å²) in [5.41, 5.74) is 12.5. The number of primary amides is 1. The van der Waals surface area contributed by atoms with Crippen molar-refractivity contribution in [2.75, 3.05) is 55.7 Å². The SMILES string of the molecule is CC(C)[C@H](NC(=O)CNC(=O)[C@@H]1CCC(=O)N1)C(=O)N[C@H]1CSSC[C@@H](C(N)=O)NC(=O)[C@@H]2C[C@@H](O)CN2C(=O)[C@H](Cc2cnc[nH]2)NC(=O)[C@@H]2CSSC[C@H](NC1=O)C(=O)NCC(=O)N[C@@H](Cc1ccc(O)cc1)C(=O)N[C@@H](CCCCN)C(=O)N1CCC[C@H]1C(=O)N2. The van der Waals surface area contributed by atoms with Crippen molar-refractivity contribution in [1.29, 1.82) is 0 Å². The molecule has 2 aromatic rings. The molecule has 0 spiro atoms. The van der Waals surface area contributed by atoms with Crippen LogP contribution in [-0.4, -0.2) is 241 Å². The number of rotatable bonds is 16. The Bertz CT molecular complexity index is 3100. The predicted molar refractivity (Wildman–Crippen MR) is 344 cm³/mol. The largest absolute Gasteiger partial charge is 0.508 e. The summed E-state index contributed by atoms with van der Waals surface area (Å²) >= 11 is 0. The summed E-state index contributed by atoms with van der Waals surface area (Å²) < 4.78 is 0. The molecule has 6 heterocycles. The van der Waals surface area contributed by atoms with Gasteiger partial charge in [-0.25, -0.2) is 4.98 Å². The Labute approximate surface area is 556 Å². The fourth-order valence-electron chi connectivity index (χ4n) is 10.9. The number of nitrogens with zero attached hydrogens (tertiary/aromatic N) is 3. The van der Waals surface area contributed by atoms with E-state index in [0.29, 0.717) is 30.5 Å². The van der Waals surface area contributed by atoms with Crippen LogP contribution in [0.3, 0.4) is 0 Å². The quantitative estimate of drug-likeness (QED) is 0.0550. The molecule has 12 atom stereocenters. The average Bonchev–Trinajstić information content (AvgIpc) is 1.67. The average molecular weight is 1390 g/mol. The van der Waals surface area contributed by atoms with Gasteiger partial charge in [0.1, 0.15) is 72.2 Å². The van der Waals surface area contributed by atoms with E-state index >= 15 is 0 Å². The number of aliphatic hydroxyl groups excluding tert-OH is 1. The number of hydrogen-bond donors (Lipinski definition) is 16. The number of unbranched alkanes of at least 4 members (excludes halogenated alkanes) is 1. The molecule has 5 aliphatic heterocycles. The minimum Gasteiger partial charge on any atom is -0.508 e. The Hall–Kier alpha value is -7.87. The third-order valence-electron chi connectivity index (χ3n) is 16.0. The lowest BCUT2D eigenvalue weighted by Gasteiger charge is -2.32. The van der Waals surface area contributed by atoms with Gasteiger partial charge in [0.15, 0.2) is 0 Å². The van der Waals surface area contributed by atoms with Gasteiger partial charge in [0.2, 0.25) is 82.7 Å². The summed E-state index contributed by atoms with van der Waals surface area (Å²) in [6.07, 6.45) is 2.32. The smallest absolute Gasteiger partial charge is 0.246 e. The van der Waals surface area contributed by atoms with Crippen LogP contribution in [0.4, 0.5) is 0 Å². The first-order valence-electron chi connectivity index (χ1n) is 30.7. The summed E-state index contributed by atoms with van der Waals surface area (Å²) in [6, 6.07) is -9.47. The highest BCUT2D eigenvalue weighted by Crippen LogP contribution is 2.28. The number of nitrogens with two attached hydrogens (primary N) is 2. The number of aromatic nitrogens is 2. The van der Waals surface area contributed by atoms with Gasteiger partial charge in [0.25, 0.3) is 0 Å². The topological polar surface area (TPSA) is 499 Å². The number of H-pyrrole nitrogens is 1. The molecule has 18 N–H and O–H groups in total. The van der Waals surface area contributed by atoms with Gasteiger partial charge in [-0.2, -0.15) is 0 Å². The van der Waals surface area contributed by atoms with Crippen molar-refractivity contribution >= 4 is 126 Å².